The molecule has 0 aliphatic carbocycles. The van der Waals surface area contributed by atoms with E-state index in [1.54, 1.807) is 30.5 Å². The molecule has 0 bridgehead atoms. The van der Waals surface area contributed by atoms with Gasteiger partial charge in [-0.2, -0.15) is 0 Å². The molecule has 0 aliphatic heterocycles. The van der Waals surface area contributed by atoms with Crippen molar-refractivity contribution in [2.24, 2.45) is 0 Å². The van der Waals surface area contributed by atoms with Gasteiger partial charge in [0.15, 0.2) is 5.82 Å². The van der Waals surface area contributed by atoms with Crippen molar-refractivity contribution in [1.82, 2.24) is 25.1 Å². The van der Waals surface area contributed by atoms with Gasteiger partial charge in [0.2, 0.25) is 11.7 Å². The van der Waals surface area contributed by atoms with E-state index in [9.17, 15) is 9.18 Å². The normalized spacial score (nSPS) is 10.7. The van der Waals surface area contributed by atoms with Gasteiger partial charge in [-0.15, -0.1) is 16.4 Å². The van der Waals surface area contributed by atoms with Crippen molar-refractivity contribution in [3.05, 3.63) is 77.3 Å². The topological polar surface area (TPSA) is 81.9 Å². The average Bonchev–Trinajstić information content (AvgIpc) is 3.42. The fraction of sp³-hybridized carbons (Fsp3) is 0.100. The number of aromatic nitrogens is 4. The first-order valence-corrected chi connectivity index (χ1v) is 9.56. The third-order valence-corrected chi connectivity index (χ3v) is 4.95. The van der Waals surface area contributed by atoms with E-state index in [4.69, 9.17) is 4.74 Å². The van der Waals surface area contributed by atoms with Gasteiger partial charge in [0.1, 0.15) is 5.82 Å². The number of hydrogen-bond donors (Lipinski definition) is 1. The third-order valence-electron chi connectivity index (χ3n) is 4.08. The Labute approximate surface area is 169 Å². The maximum atomic E-state index is 13.3. The summed E-state index contributed by atoms with van der Waals surface area (Å²) in [6, 6.07) is 13.2. The van der Waals surface area contributed by atoms with Crippen LogP contribution >= 0.6 is 11.3 Å². The van der Waals surface area contributed by atoms with Crippen LogP contribution in [0.15, 0.2) is 60.1 Å². The molecule has 0 unspecified atom stereocenters. The molecule has 9 heteroatoms. The van der Waals surface area contributed by atoms with Crippen LogP contribution in [0.25, 0.3) is 16.4 Å². The number of carbonyl (C=O) groups is 1. The molecule has 0 fully saturated rings. The van der Waals surface area contributed by atoms with E-state index >= 15 is 0 Å². The number of amides is 1. The second kappa shape index (κ2) is 8.19. The van der Waals surface area contributed by atoms with E-state index in [0.29, 0.717) is 17.4 Å². The Morgan fingerprint density at radius 1 is 1.24 bits per heavy atom. The minimum absolute atomic E-state index is 0.0266. The summed E-state index contributed by atoms with van der Waals surface area (Å²) < 4.78 is 19.9. The highest BCUT2D eigenvalue weighted by Crippen LogP contribution is 2.25. The van der Waals surface area contributed by atoms with Crippen LogP contribution in [0.2, 0.25) is 0 Å². The van der Waals surface area contributed by atoms with Gasteiger partial charge in [-0.1, -0.05) is 6.07 Å². The minimum Gasteiger partial charge on any atom is -0.481 e. The summed E-state index contributed by atoms with van der Waals surface area (Å²) in [6.07, 6.45) is 1.61. The van der Waals surface area contributed by atoms with Gasteiger partial charge in [0.05, 0.1) is 17.7 Å². The highest BCUT2D eigenvalue weighted by molar-refractivity contribution is 7.13. The van der Waals surface area contributed by atoms with Crippen LogP contribution in [0.3, 0.4) is 0 Å². The molecule has 0 atom stereocenters. The maximum Gasteiger partial charge on any atom is 0.291 e. The number of rotatable bonds is 6. The van der Waals surface area contributed by atoms with E-state index in [0.717, 1.165) is 10.4 Å². The van der Waals surface area contributed by atoms with E-state index in [2.05, 4.69) is 20.4 Å². The molecule has 3 heterocycles. The van der Waals surface area contributed by atoms with Gasteiger partial charge >= 0.3 is 0 Å². The molecule has 4 rings (SSSR count). The summed E-state index contributed by atoms with van der Waals surface area (Å²) in [5.41, 5.74) is 1.45. The molecule has 1 N–H and O–H groups in total. The number of halogens is 1. The fourth-order valence-corrected chi connectivity index (χ4v) is 3.37. The number of nitrogens with one attached hydrogen (secondary N) is 1. The lowest BCUT2D eigenvalue weighted by Crippen LogP contribution is -2.24. The number of carbonyl (C=O) groups excluding carboxylic acids is 1. The molecule has 146 valence electrons. The number of hydrogen-bond acceptors (Lipinski definition) is 6. The molecule has 4 aromatic rings. The first-order valence-electron chi connectivity index (χ1n) is 8.68. The summed E-state index contributed by atoms with van der Waals surface area (Å²) in [6.45, 7) is 0.275. The fourth-order valence-electron chi connectivity index (χ4n) is 2.67. The van der Waals surface area contributed by atoms with E-state index in [-0.39, 0.29) is 18.2 Å². The minimum atomic E-state index is -0.417. The van der Waals surface area contributed by atoms with Crippen molar-refractivity contribution >= 4 is 17.2 Å². The molecule has 0 aliphatic rings. The van der Waals surface area contributed by atoms with Crippen LogP contribution in [-0.4, -0.2) is 32.8 Å². The molecule has 0 spiro atoms. The third kappa shape index (κ3) is 4.14. The smallest absolute Gasteiger partial charge is 0.291 e. The number of thiophene rings is 1. The Bertz CT molecular complexity index is 1130. The van der Waals surface area contributed by atoms with Crippen molar-refractivity contribution in [2.75, 3.05) is 7.11 Å². The van der Waals surface area contributed by atoms with Gasteiger partial charge in [-0.3, -0.25) is 4.79 Å². The Morgan fingerprint density at radius 3 is 2.79 bits per heavy atom. The molecule has 1 aromatic carbocycles. The van der Waals surface area contributed by atoms with Crippen LogP contribution < -0.4 is 10.1 Å². The van der Waals surface area contributed by atoms with E-state index in [1.807, 2.05) is 17.5 Å². The zero-order valence-corrected chi connectivity index (χ0v) is 16.2. The highest BCUT2D eigenvalue weighted by atomic mass is 32.1. The van der Waals surface area contributed by atoms with E-state index in [1.165, 1.54) is 35.3 Å². The van der Waals surface area contributed by atoms with Crippen molar-refractivity contribution in [1.29, 1.82) is 0 Å². The zero-order valence-electron chi connectivity index (χ0n) is 15.4. The summed E-state index contributed by atoms with van der Waals surface area (Å²) >= 11 is 1.48. The number of ether oxygens (including phenoxy) is 1. The lowest BCUT2D eigenvalue weighted by atomic mass is 10.2. The molecule has 3 aromatic heterocycles. The van der Waals surface area contributed by atoms with Gasteiger partial charge < -0.3 is 10.1 Å². The van der Waals surface area contributed by atoms with Crippen LogP contribution in [0.5, 0.6) is 5.88 Å². The molecule has 0 saturated heterocycles. The molecule has 0 radical (unpaired) electrons. The number of methoxy groups -OCH3 is 1. The first-order chi connectivity index (χ1) is 14.1. The Hall–Kier alpha value is -3.59. The summed E-state index contributed by atoms with van der Waals surface area (Å²) in [5, 5.41) is 9.06. The molecule has 1 amide bonds. The van der Waals surface area contributed by atoms with Crippen LogP contribution in [0, 0.1) is 5.82 Å². The lowest BCUT2D eigenvalue weighted by molar-refractivity contribution is 0.0940. The molecule has 0 saturated carbocycles. The Kier molecular flexibility index (Phi) is 5.30. The van der Waals surface area contributed by atoms with Crippen LogP contribution in [-0.2, 0) is 6.54 Å². The van der Waals surface area contributed by atoms with Crippen LogP contribution in [0.1, 0.15) is 16.2 Å². The highest BCUT2D eigenvalue weighted by Gasteiger charge is 2.19. The maximum absolute atomic E-state index is 13.3. The summed E-state index contributed by atoms with van der Waals surface area (Å²) in [7, 11) is 1.53. The molecule has 7 nitrogen and oxygen atoms in total. The monoisotopic (exact) mass is 409 g/mol. The SMILES string of the molecule is COc1cc(CNC(=O)c2nc(-c3cccs3)n(-c3ccc(F)cc3)n2)ccn1. The van der Waals surface area contributed by atoms with Gasteiger partial charge in [0, 0.05) is 18.8 Å². The molecular formula is C20H16FN5O2S. The predicted octanol–water partition coefficient (Wildman–Crippen LogP) is 3.47. The van der Waals surface area contributed by atoms with Crippen molar-refractivity contribution in [3.8, 4) is 22.3 Å². The number of benzene rings is 1. The van der Waals surface area contributed by atoms with Gasteiger partial charge in [-0.25, -0.2) is 19.0 Å². The van der Waals surface area contributed by atoms with Crippen molar-refractivity contribution < 1.29 is 13.9 Å². The summed E-state index contributed by atoms with van der Waals surface area (Å²) in [4.78, 5) is 21.9. The van der Waals surface area contributed by atoms with E-state index < -0.39 is 5.91 Å². The Morgan fingerprint density at radius 2 is 2.07 bits per heavy atom. The van der Waals surface area contributed by atoms with Gasteiger partial charge in [-0.05, 0) is 47.3 Å². The lowest BCUT2D eigenvalue weighted by Gasteiger charge is -2.05. The average molecular weight is 409 g/mol. The van der Waals surface area contributed by atoms with Crippen molar-refractivity contribution in [3.63, 3.8) is 0 Å². The van der Waals surface area contributed by atoms with Crippen LogP contribution in [0.4, 0.5) is 4.39 Å². The zero-order chi connectivity index (χ0) is 20.2. The largest absolute Gasteiger partial charge is 0.481 e. The first kappa shape index (κ1) is 18.8. The van der Waals surface area contributed by atoms with Gasteiger partial charge in [0.25, 0.3) is 5.91 Å². The second-order valence-electron chi connectivity index (χ2n) is 6.01. The standard InChI is InChI=1S/C20H16FN5O2S/c1-28-17-11-13(8-9-22-17)12-23-20(27)18-24-19(16-3-2-10-29-16)26(25-18)15-6-4-14(21)5-7-15/h2-11H,12H2,1H3,(H,23,27). The second-order valence-corrected chi connectivity index (χ2v) is 6.96. The Balaban J connectivity index is 1.61. The number of pyridine rings is 1. The molecular weight excluding hydrogens is 393 g/mol. The predicted molar refractivity (Wildman–Crippen MR) is 107 cm³/mol. The van der Waals surface area contributed by atoms with Crippen molar-refractivity contribution in [2.45, 2.75) is 6.54 Å². The molecule has 29 heavy (non-hydrogen) atoms. The number of nitrogens with zero attached hydrogens (tertiary/aromatic N) is 4. The summed E-state index contributed by atoms with van der Waals surface area (Å²) in [5.74, 6) is 0.244. The quantitative estimate of drug-likeness (QED) is 0.527.